The molecule has 3 heterocycles. The molecule has 0 bridgehead atoms. The lowest BCUT2D eigenvalue weighted by molar-refractivity contribution is -0.134. The molecule has 5 aromatic carbocycles. The number of hydrogen-bond donors (Lipinski definition) is 1. The SMILES string of the molecule is CCCC(c1ccc(-c2ccccc2-c2nnn(C(c3ccccc3)(c3ccccc3)c3ccccc3)n2)cc1)c1nc(-n2c(C)ccc2C)c(C=CC(=O)OC)[nH]1. The summed E-state index contributed by atoms with van der Waals surface area (Å²) in [7, 11) is 1.37. The minimum absolute atomic E-state index is 0.00635. The van der Waals surface area contributed by atoms with Gasteiger partial charge in [0.25, 0.3) is 0 Å². The Balaban J connectivity index is 1.18. The fraction of sp³-hybridized carbons (Fsp3) is 0.163. The number of carbonyl (C=O) groups excluding carboxylic acids is 1. The number of nitrogens with one attached hydrogen (secondary N) is 1. The smallest absolute Gasteiger partial charge is 0.330 e. The van der Waals surface area contributed by atoms with E-state index in [0.717, 1.165) is 80.5 Å². The number of esters is 1. The molecule has 0 fully saturated rings. The maximum atomic E-state index is 12.1. The van der Waals surface area contributed by atoms with E-state index in [0.29, 0.717) is 5.82 Å². The van der Waals surface area contributed by atoms with Crippen LogP contribution in [0.1, 0.15) is 70.8 Å². The van der Waals surface area contributed by atoms with Gasteiger partial charge < -0.3 is 14.3 Å². The van der Waals surface area contributed by atoms with Crippen LogP contribution in [0.25, 0.3) is 34.4 Å². The van der Waals surface area contributed by atoms with Crippen LogP contribution < -0.4 is 0 Å². The van der Waals surface area contributed by atoms with Gasteiger partial charge in [-0.3, -0.25) is 0 Å². The number of aryl methyl sites for hydroxylation is 2. The van der Waals surface area contributed by atoms with Crippen molar-refractivity contribution < 1.29 is 9.53 Å². The summed E-state index contributed by atoms with van der Waals surface area (Å²) in [5.74, 6) is 1.68. The van der Waals surface area contributed by atoms with Gasteiger partial charge in [-0.1, -0.05) is 153 Å². The average molecular weight is 764 g/mol. The van der Waals surface area contributed by atoms with Gasteiger partial charge in [-0.25, -0.2) is 9.78 Å². The summed E-state index contributed by atoms with van der Waals surface area (Å²) < 4.78 is 6.99. The maximum absolute atomic E-state index is 12.1. The molecule has 8 aromatic rings. The van der Waals surface area contributed by atoms with Gasteiger partial charge in [0.15, 0.2) is 11.4 Å². The minimum Gasteiger partial charge on any atom is -0.466 e. The van der Waals surface area contributed by atoms with Gasteiger partial charge in [0, 0.05) is 28.9 Å². The summed E-state index contributed by atoms with van der Waals surface area (Å²) in [4.78, 5) is 22.6. The van der Waals surface area contributed by atoms with Gasteiger partial charge in [-0.15, -0.1) is 15.0 Å². The third kappa shape index (κ3) is 7.07. The number of nitrogens with zero attached hydrogens (tertiary/aromatic N) is 6. The van der Waals surface area contributed by atoms with E-state index in [-0.39, 0.29) is 5.92 Å². The molecule has 58 heavy (non-hydrogen) atoms. The monoisotopic (exact) mass is 763 g/mol. The summed E-state index contributed by atoms with van der Waals surface area (Å²) in [5.41, 5.74) is 9.09. The van der Waals surface area contributed by atoms with Crippen molar-refractivity contribution in [3.05, 3.63) is 203 Å². The molecule has 0 radical (unpaired) electrons. The molecule has 0 spiro atoms. The number of benzene rings is 5. The number of tetrazole rings is 1. The third-order valence-electron chi connectivity index (χ3n) is 10.8. The number of H-pyrrole nitrogens is 1. The normalized spacial score (nSPS) is 12.2. The van der Waals surface area contributed by atoms with Crippen molar-refractivity contribution in [2.75, 3.05) is 7.11 Å². The van der Waals surface area contributed by atoms with Crippen LogP contribution in [0.3, 0.4) is 0 Å². The largest absolute Gasteiger partial charge is 0.466 e. The fourth-order valence-electron chi connectivity index (χ4n) is 7.99. The predicted octanol–water partition coefficient (Wildman–Crippen LogP) is 10.1. The highest BCUT2D eigenvalue weighted by molar-refractivity contribution is 5.87. The van der Waals surface area contributed by atoms with Crippen LogP contribution in [0, 0.1) is 13.8 Å². The molecule has 9 heteroatoms. The minimum atomic E-state index is -0.876. The highest BCUT2D eigenvalue weighted by Crippen LogP contribution is 2.41. The number of hydrogen-bond acceptors (Lipinski definition) is 6. The van der Waals surface area contributed by atoms with Crippen molar-refractivity contribution in [3.8, 4) is 28.3 Å². The lowest BCUT2D eigenvalue weighted by Crippen LogP contribution is -2.39. The lowest BCUT2D eigenvalue weighted by Gasteiger charge is -2.34. The van der Waals surface area contributed by atoms with Crippen molar-refractivity contribution in [2.45, 2.75) is 45.1 Å². The predicted molar refractivity (Wildman–Crippen MR) is 228 cm³/mol. The lowest BCUT2D eigenvalue weighted by atomic mass is 9.77. The standard InChI is InChI=1S/C49H45N7O2/c1-5-17-42(46-50-44(32-33-45(57)58-4)48(51-46)55-34(2)26-27-35(55)3)37-30-28-36(29-31-37)41-24-15-16-25-43(41)47-52-54-56(53-47)49(38-18-9-6-10-19-38,39-20-11-7-12-21-39)40-22-13-8-14-23-40/h6-16,18-33,42H,5,17H2,1-4H3,(H,50,51). The number of imidazole rings is 1. The van der Waals surface area contributed by atoms with Gasteiger partial charge in [-0.05, 0) is 77.1 Å². The van der Waals surface area contributed by atoms with E-state index < -0.39 is 11.5 Å². The van der Waals surface area contributed by atoms with Crippen LogP contribution in [-0.4, -0.2) is 47.8 Å². The number of aromatic nitrogens is 7. The Labute approximate surface area is 338 Å². The van der Waals surface area contributed by atoms with E-state index in [4.69, 9.17) is 25.1 Å². The number of carbonyl (C=O) groups is 1. The van der Waals surface area contributed by atoms with Crippen molar-refractivity contribution in [2.24, 2.45) is 0 Å². The van der Waals surface area contributed by atoms with E-state index >= 15 is 0 Å². The van der Waals surface area contributed by atoms with Crippen LogP contribution in [0.15, 0.2) is 158 Å². The summed E-state index contributed by atoms with van der Waals surface area (Å²) in [5, 5.41) is 14.8. The molecule has 8 rings (SSSR count). The van der Waals surface area contributed by atoms with Gasteiger partial charge in [-0.2, -0.15) is 0 Å². The van der Waals surface area contributed by atoms with E-state index in [9.17, 15) is 4.79 Å². The van der Waals surface area contributed by atoms with E-state index in [2.05, 4.69) is 115 Å². The second-order valence-electron chi connectivity index (χ2n) is 14.4. The van der Waals surface area contributed by atoms with Crippen LogP contribution in [-0.2, 0) is 15.1 Å². The zero-order chi connectivity index (χ0) is 40.1. The Bertz CT molecular complexity index is 2540. The second kappa shape index (κ2) is 16.5. The first-order valence-corrected chi connectivity index (χ1v) is 19.6. The van der Waals surface area contributed by atoms with Gasteiger partial charge in [0.2, 0.25) is 5.82 Å². The van der Waals surface area contributed by atoms with E-state index in [1.54, 1.807) is 10.9 Å². The highest BCUT2D eigenvalue weighted by Gasteiger charge is 2.41. The molecule has 0 aliphatic heterocycles. The van der Waals surface area contributed by atoms with Crippen molar-refractivity contribution >= 4 is 12.0 Å². The first kappa shape index (κ1) is 37.8. The Morgan fingerprint density at radius 3 is 1.84 bits per heavy atom. The molecule has 0 aliphatic carbocycles. The fourth-order valence-corrected chi connectivity index (χ4v) is 7.99. The number of aromatic amines is 1. The molecule has 3 aromatic heterocycles. The number of ether oxygens (including phenoxy) is 1. The van der Waals surface area contributed by atoms with Gasteiger partial charge >= 0.3 is 5.97 Å². The second-order valence-corrected chi connectivity index (χ2v) is 14.4. The van der Waals surface area contributed by atoms with Gasteiger partial charge in [0.05, 0.1) is 12.8 Å². The zero-order valence-electron chi connectivity index (χ0n) is 33.1. The molecule has 0 saturated carbocycles. The molecule has 1 atom stereocenters. The molecular weight excluding hydrogens is 719 g/mol. The summed E-state index contributed by atoms with van der Waals surface area (Å²) in [6.07, 6.45) is 5.01. The Morgan fingerprint density at radius 1 is 0.741 bits per heavy atom. The first-order chi connectivity index (χ1) is 28.4. The molecular formula is C49H45N7O2. The van der Waals surface area contributed by atoms with Crippen molar-refractivity contribution in [1.29, 1.82) is 0 Å². The Kier molecular flexibility index (Phi) is 10.8. The summed E-state index contributed by atoms with van der Waals surface area (Å²) >= 11 is 0. The Hall–Kier alpha value is -7.13. The van der Waals surface area contributed by atoms with Gasteiger partial charge in [0.1, 0.15) is 5.82 Å². The molecule has 9 nitrogen and oxygen atoms in total. The quantitative estimate of drug-likeness (QED) is 0.0713. The summed E-state index contributed by atoms with van der Waals surface area (Å²) in [6.45, 7) is 6.29. The van der Waals surface area contributed by atoms with E-state index in [1.165, 1.54) is 13.2 Å². The van der Waals surface area contributed by atoms with Crippen molar-refractivity contribution in [3.63, 3.8) is 0 Å². The van der Waals surface area contributed by atoms with Crippen LogP contribution in [0.4, 0.5) is 0 Å². The highest BCUT2D eigenvalue weighted by atomic mass is 16.5. The zero-order valence-corrected chi connectivity index (χ0v) is 33.1. The van der Waals surface area contributed by atoms with Crippen LogP contribution >= 0.6 is 0 Å². The Morgan fingerprint density at radius 2 is 1.29 bits per heavy atom. The molecule has 0 saturated heterocycles. The van der Waals surface area contributed by atoms with E-state index in [1.807, 2.05) is 66.7 Å². The maximum Gasteiger partial charge on any atom is 0.330 e. The molecule has 1 unspecified atom stereocenters. The third-order valence-corrected chi connectivity index (χ3v) is 10.8. The van der Waals surface area contributed by atoms with Crippen LogP contribution in [0.5, 0.6) is 0 Å². The molecule has 288 valence electrons. The van der Waals surface area contributed by atoms with Crippen LogP contribution in [0.2, 0.25) is 0 Å². The van der Waals surface area contributed by atoms with Crippen molar-refractivity contribution in [1.82, 2.24) is 34.7 Å². The first-order valence-electron chi connectivity index (χ1n) is 19.6. The molecule has 0 amide bonds. The number of rotatable bonds is 13. The average Bonchev–Trinajstić information content (AvgIpc) is 4.02. The number of methoxy groups -OCH3 is 1. The molecule has 1 N–H and O–H groups in total. The topological polar surface area (TPSA) is 104 Å². The molecule has 0 aliphatic rings. The summed E-state index contributed by atoms with van der Waals surface area (Å²) in [6, 6.07) is 52.1.